The van der Waals surface area contributed by atoms with Crippen LogP contribution in [0.2, 0.25) is 0 Å². The molecule has 0 radical (unpaired) electrons. The maximum atomic E-state index is 11.1. The van der Waals surface area contributed by atoms with Crippen molar-refractivity contribution in [2.45, 2.75) is 13.8 Å². The Hall–Kier alpha value is -0.840. The van der Waals surface area contributed by atoms with Crippen LogP contribution in [-0.4, -0.2) is 46.7 Å². The van der Waals surface area contributed by atoms with E-state index in [1.54, 1.807) is 0 Å². The second kappa shape index (κ2) is 6.19. The van der Waals surface area contributed by atoms with Gasteiger partial charge in [-0.3, -0.25) is 18.0 Å². The molecule has 0 aromatic carbocycles. The van der Waals surface area contributed by atoms with Gasteiger partial charge in [0, 0.05) is 0 Å². The summed E-state index contributed by atoms with van der Waals surface area (Å²) in [7, 11) is -8.85. The molecule has 0 spiro atoms. The monoisotopic (exact) mass is 288 g/mol. The van der Waals surface area contributed by atoms with Crippen molar-refractivity contribution < 1.29 is 34.8 Å². The first-order valence-corrected chi connectivity index (χ1v) is 7.42. The van der Waals surface area contributed by atoms with E-state index >= 15 is 0 Å². The Bertz CT molecular complexity index is 440. The molecule has 0 saturated carbocycles. The van der Waals surface area contributed by atoms with Gasteiger partial charge in [0.1, 0.15) is 13.2 Å². The van der Waals surface area contributed by atoms with Crippen LogP contribution < -0.4 is 0 Å². The molecule has 0 aliphatic heterocycles. The zero-order valence-electron chi connectivity index (χ0n) is 9.20. The molecule has 0 aliphatic carbocycles. The lowest BCUT2D eigenvalue weighted by Gasteiger charge is -2.05. The van der Waals surface area contributed by atoms with Crippen molar-refractivity contribution in [2.24, 2.45) is 0 Å². The Kier molecular flexibility index (Phi) is 5.88. The van der Waals surface area contributed by atoms with E-state index in [1.165, 1.54) is 0 Å². The Labute approximate surface area is 99.1 Å². The Morgan fingerprint density at radius 3 is 1.35 bits per heavy atom. The summed E-state index contributed by atoms with van der Waals surface area (Å²) in [5.41, 5.74) is 0. The average molecular weight is 288 g/mol. The van der Waals surface area contributed by atoms with Crippen molar-refractivity contribution in [3.63, 3.8) is 0 Å². The summed E-state index contributed by atoms with van der Waals surface area (Å²) in [5, 5.41) is -1.44. The molecule has 100 valence electrons. The first kappa shape index (κ1) is 16.2. The molecule has 0 amide bonds. The zero-order valence-corrected chi connectivity index (χ0v) is 10.8. The molecule has 0 aromatic heterocycles. The van der Waals surface area contributed by atoms with Gasteiger partial charge in [-0.15, -0.1) is 0 Å². The van der Waals surface area contributed by atoms with Crippen molar-refractivity contribution in [1.82, 2.24) is 0 Å². The van der Waals surface area contributed by atoms with E-state index in [4.69, 9.17) is 0 Å². The van der Waals surface area contributed by atoms with Crippen LogP contribution in [-0.2, 0) is 38.2 Å². The minimum absolute atomic E-state index is 0.573. The van der Waals surface area contributed by atoms with Crippen molar-refractivity contribution in [3.05, 3.63) is 0 Å². The van der Waals surface area contributed by atoms with Crippen molar-refractivity contribution in [1.29, 1.82) is 0 Å². The van der Waals surface area contributed by atoms with Crippen LogP contribution in [0.3, 0.4) is 0 Å². The molecule has 0 unspecified atom stereocenters. The van der Waals surface area contributed by atoms with Crippen LogP contribution in [0.1, 0.15) is 13.8 Å². The predicted molar refractivity (Wildman–Crippen MR) is 56.0 cm³/mol. The van der Waals surface area contributed by atoms with Gasteiger partial charge >= 0.3 is 0 Å². The summed E-state index contributed by atoms with van der Waals surface area (Å²) < 4.78 is 52.5. The fourth-order valence-electron chi connectivity index (χ4n) is 0.590. The molecule has 0 heterocycles. The van der Waals surface area contributed by atoms with Crippen LogP contribution >= 0.6 is 0 Å². The summed E-state index contributed by atoms with van der Waals surface area (Å²) in [6, 6.07) is 0. The van der Waals surface area contributed by atoms with Gasteiger partial charge in [0.2, 0.25) is 5.08 Å². The molecule has 0 aliphatic rings. The highest BCUT2D eigenvalue weighted by Crippen LogP contribution is 2.02. The predicted octanol–water partition coefficient (Wildman–Crippen LogP) is -1.19. The van der Waals surface area contributed by atoms with E-state index < -0.39 is 50.1 Å². The van der Waals surface area contributed by atoms with Crippen molar-refractivity contribution in [2.75, 3.05) is 18.3 Å². The van der Waals surface area contributed by atoms with E-state index in [9.17, 15) is 26.4 Å². The Morgan fingerprint density at radius 2 is 1.12 bits per heavy atom. The second-order valence-electron chi connectivity index (χ2n) is 3.16. The number of rotatable bonds is 8. The fourth-order valence-corrected chi connectivity index (χ4v) is 3.24. The number of carbonyl (C=O) groups excluding carboxylic acids is 2. The van der Waals surface area contributed by atoms with Crippen LogP contribution in [0.15, 0.2) is 0 Å². The molecule has 0 N–H and O–H groups in total. The molecule has 0 fully saturated rings. The molecule has 0 saturated heterocycles. The lowest BCUT2D eigenvalue weighted by Crippen LogP contribution is -2.24. The maximum absolute atomic E-state index is 11.1. The van der Waals surface area contributed by atoms with Crippen molar-refractivity contribution in [3.8, 4) is 0 Å². The Balaban J connectivity index is 4.49. The second-order valence-corrected chi connectivity index (χ2v) is 6.81. The van der Waals surface area contributed by atoms with Gasteiger partial charge in [-0.1, -0.05) is 0 Å². The summed E-state index contributed by atoms with van der Waals surface area (Å²) >= 11 is 0. The average Bonchev–Trinajstić information content (AvgIpc) is 2.10. The normalized spacial score (nSPS) is 12.4. The van der Waals surface area contributed by atoms with E-state index in [2.05, 4.69) is 8.37 Å². The molecule has 0 rings (SSSR count). The van der Waals surface area contributed by atoms with Gasteiger partial charge < -0.3 is 0 Å². The maximum Gasteiger partial charge on any atom is 0.284 e. The molecular weight excluding hydrogens is 276 g/mol. The van der Waals surface area contributed by atoms with E-state index in [0.29, 0.717) is 0 Å². The van der Waals surface area contributed by atoms with Crippen LogP contribution in [0.25, 0.3) is 0 Å². The fraction of sp³-hybridized carbons (Fsp3) is 0.714. The minimum Gasteiger partial charge on any atom is -0.297 e. The SMILES string of the molecule is CC(=O)COS(=O)(=O)CS(=O)(=O)OCC(C)=O. The number of hydrogen-bond acceptors (Lipinski definition) is 8. The highest BCUT2D eigenvalue weighted by Gasteiger charge is 2.24. The van der Waals surface area contributed by atoms with E-state index in [0.717, 1.165) is 13.8 Å². The molecule has 10 heteroatoms. The molecule has 0 aromatic rings. The van der Waals surface area contributed by atoms with Gasteiger partial charge in [0.05, 0.1) is 0 Å². The van der Waals surface area contributed by atoms with Gasteiger partial charge in [0.25, 0.3) is 20.2 Å². The number of Topliss-reactive ketones (excluding diaryl/α,β-unsaturated/α-hetero) is 2. The highest BCUT2D eigenvalue weighted by molar-refractivity contribution is 8.03. The topological polar surface area (TPSA) is 121 Å². The van der Waals surface area contributed by atoms with Crippen LogP contribution in [0.5, 0.6) is 0 Å². The number of ketones is 2. The quantitative estimate of drug-likeness (QED) is 0.511. The van der Waals surface area contributed by atoms with E-state index in [1.807, 2.05) is 0 Å². The smallest absolute Gasteiger partial charge is 0.284 e. The molecular formula is C7H12O8S2. The van der Waals surface area contributed by atoms with Crippen molar-refractivity contribution >= 4 is 31.8 Å². The third kappa shape index (κ3) is 8.92. The number of carbonyl (C=O) groups is 2. The van der Waals surface area contributed by atoms with E-state index in [-0.39, 0.29) is 0 Å². The summed E-state index contributed by atoms with van der Waals surface area (Å²) in [4.78, 5) is 20.9. The summed E-state index contributed by atoms with van der Waals surface area (Å²) in [5.74, 6) is -1.15. The molecule has 17 heavy (non-hydrogen) atoms. The molecule has 0 atom stereocenters. The molecule has 8 nitrogen and oxygen atoms in total. The highest BCUT2D eigenvalue weighted by atomic mass is 32.3. The minimum atomic E-state index is -4.43. The third-order valence-corrected chi connectivity index (χ3v) is 4.44. The van der Waals surface area contributed by atoms with Crippen LogP contribution in [0, 0.1) is 0 Å². The largest absolute Gasteiger partial charge is 0.297 e. The van der Waals surface area contributed by atoms with Gasteiger partial charge in [-0.25, -0.2) is 0 Å². The first-order chi connectivity index (χ1) is 7.54. The zero-order chi connectivity index (χ0) is 13.7. The van der Waals surface area contributed by atoms with Gasteiger partial charge in [-0.05, 0) is 13.8 Å². The molecule has 0 bridgehead atoms. The van der Waals surface area contributed by atoms with Crippen LogP contribution in [0.4, 0.5) is 0 Å². The third-order valence-electron chi connectivity index (χ3n) is 1.17. The lowest BCUT2D eigenvalue weighted by molar-refractivity contribution is -0.119. The first-order valence-electron chi connectivity index (χ1n) is 4.27. The standard InChI is InChI=1S/C7H12O8S2/c1-6(8)3-14-16(10,11)5-17(12,13)15-4-7(2)9/h3-5H2,1-2H3. The Morgan fingerprint density at radius 1 is 0.824 bits per heavy atom. The summed E-state index contributed by atoms with van der Waals surface area (Å²) in [6.07, 6.45) is 0. The number of hydrogen-bond donors (Lipinski definition) is 0. The van der Waals surface area contributed by atoms with Gasteiger partial charge in [0.15, 0.2) is 11.6 Å². The lowest BCUT2D eigenvalue weighted by atomic mass is 10.5. The van der Waals surface area contributed by atoms with Gasteiger partial charge in [-0.2, -0.15) is 16.8 Å². The summed E-state index contributed by atoms with van der Waals surface area (Å²) in [6.45, 7) is 0.668.